The van der Waals surface area contributed by atoms with Crippen molar-refractivity contribution < 1.29 is 9.90 Å². The highest BCUT2D eigenvalue weighted by molar-refractivity contribution is 5.73. The monoisotopic (exact) mass is 193 g/mol. The minimum atomic E-state index is -0.948. The molecule has 0 saturated carbocycles. The zero-order valence-electron chi connectivity index (χ0n) is 8.23. The molecule has 0 unspecified atom stereocenters. The maximum atomic E-state index is 10.6. The van der Waals surface area contributed by atoms with Crippen LogP contribution in [0.3, 0.4) is 0 Å². The van der Waals surface area contributed by atoms with E-state index in [0.717, 1.165) is 12.0 Å². The Balaban J connectivity index is 2.80. The molecule has 0 aliphatic rings. The van der Waals surface area contributed by atoms with Crippen LogP contribution in [0.2, 0.25) is 0 Å². The second-order valence-corrected chi connectivity index (χ2v) is 3.27. The Morgan fingerprint density at radius 3 is 2.50 bits per heavy atom. The summed E-state index contributed by atoms with van der Waals surface area (Å²) in [5, 5.41) is 8.68. The Morgan fingerprint density at radius 2 is 2.00 bits per heavy atom. The number of aryl methyl sites for hydroxylation is 1. The third-order valence-corrected chi connectivity index (χ3v) is 2.26. The molecule has 1 atom stereocenters. The van der Waals surface area contributed by atoms with Crippen LogP contribution in [0, 0.1) is 0 Å². The third kappa shape index (κ3) is 2.57. The molecule has 14 heavy (non-hydrogen) atoms. The molecule has 3 N–H and O–H groups in total. The number of carboxylic acids is 1. The standard InChI is InChI=1S/C11H15NO2/c1-2-8-5-3-4-6-9(8)7-10(12)11(13)14/h3-6,10H,2,7,12H2,1H3,(H,13,14)/t10-/m1/s1. The fraction of sp³-hybridized carbons (Fsp3) is 0.364. The largest absolute Gasteiger partial charge is 0.480 e. The van der Waals surface area contributed by atoms with Gasteiger partial charge in [-0.05, 0) is 24.0 Å². The predicted molar refractivity (Wildman–Crippen MR) is 55.1 cm³/mol. The van der Waals surface area contributed by atoms with Gasteiger partial charge in [0.1, 0.15) is 6.04 Å². The molecule has 0 radical (unpaired) electrons. The van der Waals surface area contributed by atoms with E-state index in [-0.39, 0.29) is 0 Å². The van der Waals surface area contributed by atoms with E-state index in [4.69, 9.17) is 10.8 Å². The summed E-state index contributed by atoms with van der Waals surface area (Å²) < 4.78 is 0. The summed E-state index contributed by atoms with van der Waals surface area (Å²) in [6, 6.07) is 6.99. The smallest absolute Gasteiger partial charge is 0.320 e. The van der Waals surface area contributed by atoms with Gasteiger partial charge in [0, 0.05) is 0 Å². The molecule has 1 aromatic carbocycles. The first-order valence-electron chi connectivity index (χ1n) is 4.70. The summed E-state index contributed by atoms with van der Waals surface area (Å²) in [6.07, 6.45) is 1.31. The predicted octanol–water partition coefficient (Wildman–Crippen LogP) is 1.20. The normalized spacial score (nSPS) is 12.4. The van der Waals surface area contributed by atoms with Crippen LogP contribution < -0.4 is 5.73 Å². The van der Waals surface area contributed by atoms with Crippen molar-refractivity contribution in [3.8, 4) is 0 Å². The molecule has 0 fully saturated rings. The van der Waals surface area contributed by atoms with Crippen LogP contribution in [-0.2, 0) is 17.6 Å². The summed E-state index contributed by atoms with van der Waals surface area (Å²) in [6.45, 7) is 2.05. The zero-order valence-corrected chi connectivity index (χ0v) is 8.23. The lowest BCUT2D eigenvalue weighted by Gasteiger charge is -2.10. The van der Waals surface area contributed by atoms with Gasteiger partial charge in [-0.3, -0.25) is 4.79 Å². The van der Waals surface area contributed by atoms with Crippen molar-refractivity contribution >= 4 is 5.97 Å². The number of hydrogen-bond acceptors (Lipinski definition) is 2. The lowest BCUT2D eigenvalue weighted by Crippen LogP contribution is -2.32. The number of nitrogens with two attached hydrogens (primary N) is 1. The topological polar surface area (TPSA) is 63.3 Å². The van der Waals surface area contributed by atoms with Crippen LogP contribution in [0.25, 0.3) is 0 Å². The average molecular weight is 193 g/mol. The van der Waals surface area contributed by atoms with E-state index >= 15 is 0 Å². The molecule has 1 aromatic rings. The van der Waals surface area contributed by atoms with Crippen LogP contribution in [-0.4, -0.2) is 17.1 Å². The van der Waals surface area contributed by atoms with E-state index in [1.165, 1.54) is 5.56 Å². The van der Waals surface area contributed by atoms with E-state index in [0.29, 0.717) is 6.42 Å². The summed E-state index contributed by atoms with van der Waals surface area (Å²) in [5.74, 6) is -0.948. The van der Waals surface area contributed by atoms with Crippen LogP contribution in [0.4, 0.5) is 0 Å². The van der Waals surface area contributed by atoms with Gasteiger partial charge in [0.25, 0.3) is 0 Å². The molecule has 0 aliphatic carbocycles. The van der Waals surface area contributed by atoms with E-state index in [2.05, 4.69) is 0 Å². The van der Waals surface area contributed by atoms with Crippen molar-refractivity contribution in [2.24, 2.45) is 5.73 Å². The van der Waals surface area contributed by atoms with Gasteiger partial charge in [-0.15, -0.1) is 0 Å². The average Bonchev–Trinajstić information content (AvgIpc) is 2.18. The molecule has 3 heteroatoms. The molecule has 1 rings (SSSR count). The van der Waals surface area contributed by atoms with Gasteiger partial charge in [-0.1, -0.05) is 31.2 Å². The first kappa shape index (κ1) is 10.7. The quantitative estimate of drug-likeness (QED) is 0.755. The van der Waals surface area contributed by atoms with Gasteiger partial charge < -0.3 is 10.8 Å². The first-order chi connectivity index (χ1) is 6.65. The first-order valence-corrected chi connectivity index (χ1v) is 4.70. The number of benzene rings is 1. The van der Waals surface area contributed by atoms with Crippen LogP contribution in [0.1, 0.15) is 18.1 Å². The van der Waals surface area contributed by atoms with Crippen LogP contribution in [0.5, 0.6) is 0 Å². The number of carbonyl (C=O) groups is 1. The summed E-state index contributed by atoms with van der Waals surface area (Å²) in [5.41, 5.74) is 7.68. The zero-order chi connectivity index (χ0) is 10.6. The van der Waals surface area contributed by atoms with Crippen molar-refractivity contribution in [1.82, 2.24) is 0 Å². The van der Waals surface area contributed by atoms with Gasteiger partial charge in [0.05, 0.1) is 0 Å². The SMILES string of the molecule is CCc1ccccc1C[C@@H](N)C(=O)O. The van der Waals surface area contributed by atoms with Crippen molar-refractivity contribution in [1.29, 1.82) is 0 Å². The highest BCUT2D eigenvalue weighted by Crippen LogP contribution is 2.11. The molecule has 0 aromatic heterocycles. The van der Waals surface area contributed by atoms with E-state index in [1.807, 2.05) is 31.2 Å². The number of carboxylic acid groups (broad SMARTS) is 1. The Morgan fingerprint density at radius 1 is 1.43 bits per heavy atom. The Labute approximate surface area is 83.6 Å². The van der Waals surface area contributed by atoms with E-state index in [1.54, 1.807) is 0 Å². The van der Waals surface area contributed by atoms with E-state index in [9.17, 15) is 4.79 Å². The van der Waals surface area contributed by atoms with E-state index < -0.39 is 12.0 Å². The van der Waals surface area contributed by atoms with Crippen LogP contribution in [0.15, 0.2) is 24.3 Å². The number of rotatable bonds is 4. The molecule has 0 bridgehead atoms. The van der Waals surface area contributed by atoms with Gasteiger partial charge in [-0.2, -0.15) is 0 Å². The van der Waals surface area contributed by atoms with Gasteiger partial charge in [0.15, 0.2) is 0 Å². The third-order valence-electron chi connectivity index (χ3n) is 2.26. The maximum Gasteiger partial charge on any atom is 0.320 e. The Bertz CT molecular complexity index is 323. The maximum absolute atomic E-state index is 10.6. The van der Waals surface area contributed by atoms with Gasteiger partial charge in [0.2, 0.25) is 0 Å². The summed E-state index contributed by atoms with van der Waals surface area (Å²) in [7, 11) is 0. The fourth-order valence-corrected chi connectivity index (χ4v) is 1.43. The van der Waals surface area contributed by atoms with Crippen LogP contribution >= 0.6 is 0 Å². The lowest BCUT2D eigenvalue weighted by molar-refractivity contribution is -0.138. The van der Waals surface area contributed by atoms with Crippen molar-refractivity contribution in [2.45, 2.75) is 25.8 Å². The summed E-state index contributed by atoms with van der Waals surface area (Å²) >= 11 is 0. The molecular formula is C11H15NO2. The minimum Gasteiger partial charge on any atom is -0.480 e. The molecule has 0 spiro atoms. The highest BCUT2D eigenvalue weighted by Gasteiger charge is 2.13. The number of hydrogen-bond donors (Lipinski definition) is 2. The van der Waals surface area contributed by atoms with Crippen molar-refractivity contribution in [3.63, 3.8) is 0 Å². The molecular weight excluding hydrogens is 178 g/mol. The summed E-state index contributed by atoms with van der Waals surface area (Å²) in [4.78, 5) is 10.6. The highest BCUT2D eigenvalue weighted by atomic mass is 16.4. The second-order valence-electron chi connectivity index (χ2n) is 3.27. The Hall–Kier alpha value is -1.35. The molecule has 0 saturated heterocycles. The van der Waals surface area contributed by atoms with Crippen molar-refractivity contribution in [3.05, 3.63) is 35.4 Å². The molecule has 76 valence electrons. The molecule has 3 nitrogen and oxygen atoms in total. The molecule has 0 aliphatic heterocycles. The van der Waals surface area contributed by atoms with Gasteiger partial charge >= 0.3 is 5.97 Å². The molecule has 0 amide bonds. The van der Waals surface area contributed by atoms with Gasteiger partial charge in [-0.25, -0.2) is 0 Å². The lowest BCUT2D eigenvalue weighted by atomic mass is 9.99. The van der Waals surface area contributed by atoms with Crippen molar-refractivity contribution in [2.75, 3.05) is 0 Å². The molecule has 0 heterocycles. The fourth-order valence-electron chi connectivity index (χ4n) is 1.43. The second kappa shape index (κ2) is 4.77. The Kier molecular flexibility index (Phi) is 3.65. The minimum absolute atomic E-state index is 0.402. The number of aliphatic carboxylic acids is 1.